The highest BCUT2D eigenvalue weighted by Gasteiger charge is 2.20. The average molecular weight is 285 g/mol. The number of amides is 1. The zero-order valence-corrected chi connectivity index (χ0v) is 12.8. The van der Waals surface area contributed by atoms with Crippen LogP contribution in [-0.4, -0.2) is 5.91 Å². The van der Waals surface area contributed by atoms with Crippen LogP contribution in [0.25, 0.3) is 0 Å². The highest BCUT2D eigenvalue weighted by Crippen LogP contribution is 2.29. The van der Waals surface area contributed by atoms with E-state index < -0.39 is 11.7 Å². The van der Waals surface area contributed by atoms with Gasteiger partial charge in [-0.15, -0.1) is 0 Å². The normalized spacial score (nSPS) is 11.3. The van der Waals surface area contributed by atoms with Crippen LogP contribution in [0.5, 0.6) is 0 Å². The molecule has 110 valence electrons. The van der Waals surface area contributed by atoms with Gasteiger partial charge in [0.2, 0.25) is 0 Å². The molecular weight excluding hydrogens is 265 g/mol. The molecule has 0 spiro atoms. The molecule has 1 amide bonds. The number of nitrogens with one attached hydrogen (secondary N) is 1. The monoisotopic (exact) mass is 285 g/mol. The molecule has 21 heavy (non-hydrogen) atoms. The SMILES string of the molecule is Cc1cccc(C(=O)Nc2ccccc2C(C)(C)C)c1F. The number of halogens is 1. The van der Waals surface area contributed by atoms with Gasteiger partial charge in [0, 0.05) is 5.69 Å². The maximum atomic E-state index is 14.0. The molecular formula is C18H20FNO. The van der Waals surface area contributed by atoms with E-state index in [9.17, 15) is 9.18 Å². The largest absolute Gasteiger partial charge is 0.322 e. The topological polar surface area (TPSA) is 29.1 Å². The van der Waals surface area contributed by atoms with Crippen LogP contribution in [0.15, 0.2) is 42.5 Å². The molecule has 0 unspecified atom stereocenters. The molecule has 0 aromatic heterocycles. The van der Waals surface area contributed by atoms with Crippen LogP contribution >= 0.6 is 0 Å². The molecule has 2 aromatic rings. The zero-order chi connectivity index (χ0) is 15.6. The van der Waals surface area contributed by atoms with Crippen molar-refractivity contribution < 1.29 is 9.18 Å². The van der Waals surface area contributed by atoms with Gasteiger partial charge in [-0.3, -0.25) is 4.79 Å². The summed E-state index contributed by atoms with van der Waals surface area (Å²) in [5.41, 5.74) is 2.17. The van der Waals surface area contributed by atoms with Gasteiger partial charge in [-0.05, 0) is 35.6 Å². The summed E-state index contributed by atoms with van der Waals surface area (Å²) in [6, 6.07) is 12.4. The molecule has 0 fully saturated rings. The lowest BCUT2D eigenvalue weighted by molar-refractivity contribution is 0.102. The smallest absolute Gasteiger partial charge is 0.258 e. The van der Waals surface area contributed by atoms with Crippen molar-refractivity contribution in [2.75, 3.05) is 5.32 Å². The molecule has 0 bridgehead atoms. The fraction of sp³-hybridized carbons (Fsp3) is 0.278. The van der Waals surface area contributed by atoms with Crippen molar-refractivity contribution in [2.24, 2.45) is 0 Å². The number of hydrogen-bond donors (Lipinski definition) is 1. The van der Waals surface area contributed by atoms with Crippen molar-refractivity contribution in [1.29, 1.82) is 0 Å². The standard InChI is InChI=1S/C18H20FNO/c1-12-8-7-9-13(16(12)19)17(21)20-15-11-6-5-10-14(15)18(2,3)4/h5-11H,1-4H3,(H,20,21). The predicted molar refractivity (Wildman–Crippen MR) is 84.2 cm³/mol. The van der Waals surface area contributed by atoms with E-state index >= 15 is 0 Å². The summed E-state index contributed by atoms with van der Waals surface area (Å²) in [7, 11) is 0. The Morgan fingerprint density at radius 1 is 1.05 bits per heavy atom. The van der Waals surface area contributed by atoms with E-state index in [0.29, 0.717) is 5.56 Å². The molecule has 0 radical (unpaired) electrons. The molecule has 2 rings (SSSR count). The number of carbonyl (C=O) groups excluding carboxylic acids is 1. The van der Waals surface area contributed by atoms with Crippen LogP contribution in [0.3, 0.4) is 0 Å². The van der Waals surface area contributed by atoms with Gasteiger partial charge in [0.15, 0.2) is 0 Å². The van der Waals surface area contributed by atoms with E-state index in [1.54, 1.807) is 19.1 Å². The first-order valence-corrected chi connectivity index (χ1v) is 6.96. The molecule has 0 heterocycles. The van der Waals surface area contributed by atoms with Crippen molar-refractivity contribution in [3.8, 4) is 0 Å². The molecule has 0 saturated carbocycles. The first-order valence-electron chi connectivity index (χ1n) is 6.96. The molecule has 0 aliphatic heterocycles. The van der Waals surface area contributed by atoms with E-state index in [0.717, 1.165) is 11.3 Å². The zero-order valence-electron chi connectivity index (χ0n) is 12.8. The first kappa shape index (κ1) is 15.2. The Hall–Kier alpha value is -2.16. The second-order valence-corrected chi connectivity index (χ2v) is 6.19. The Morgan fingerprint density at radius 2 is 1.71 bits per heavy atom. The van der Waals surface area contributed by atoms with Crippen LogP contribution in [-0.2, 0) is 5.41 Å². The van der Waals surface area contributed by atoms with Gasteiger partial charge in [-0.1, -0.05) is 51.1 Å². The molecule has 0 aliphatic rings. The molecule has 0 atom stereocenters. The minimum atomic E-state index is -0.469. The van der Waals surface area contributed by atoms with Gasteiger partial charge in [0.05, 0.1) is 5.56 Å². The number of rotatable bonds is 2. The molecule has 0 aliphatic carbocycles. The van der Waals surface area contributed by atoms with Crippen LogP contribution < -0.4 is 5.32 Å². The Morgan fingerprint density at radius 3 is 2.38 bits per heavy atom. The van der Waals surface area contributed by atoms with Crippen molar-refractivity contribution >= 4 is 11.6 Å². The van der Waals surface area contributed by atoms with Crippen molar-refractivity contribution in [2.45, 2.75) is 33.1 Å². The number of para-hydroxylation sites is 1. The Bertz CT molecular complexity index is 671. The van der Waals surface area contributed by atoms with Gasteiger partial charge in [0.1, 0.15) is 5.82 Å². The second-order valence-electron chi connectivity index (χ2n) is 6.19. The Labute approximate surface area is 125 Å². The highest BCUT2D eigenvalue weighted by atomic mass is 19.1. The molecule has 1 N–H and O–H groups in total. The number of benzene rings is 2. The second kappa shape index (κ2) is 5.68. The summed E-state index contributed by atoms with van der Waals surface area (Å²) in [6.45, 7) is 7.87. The summed E-state index contributed by atoms with van der Waals surface area (Å²) < 4.78 is 14.0. The molecule has 2 nitrogen and oxygen atoms in total. The van der Waals surface area contributed by atoms with Crippen LogP contribution in [0.2, 0.25) is 0 Å². The van der Waals surface area contributed by atoms with E-state index in [1.165, 1.54) is 6.07 Å². The van der Waals surface area contributed by atoms with Gasteiger partial charge >= 0.3 is 0 Å². The Balaban J connectivity index is 2.35. The van der Waals surface area contributed by atoms with E-state index in [2.05, 4.69) is 26.1 Å². The van der Waals surface area contributed by atoms with Gasteiger partial charge in [-0.25, -0.2) is 4.39 Å². The molecule has 2 aromatic carbocycles. The quantitative estimate of drug-likeness (QED) is 0.852. The van der Waals surface area contributed by atoms with E-state index in [-0.39, 0.29) is 11.0 Å². The van der Waals surface area contributed by atoms with Crippen molar-refractivity contribution in [3.63, 3.8) is 0 Å². The number of carbonyl (C=O) groups is 1. The number of hydrogen-bond acceptors (Lipinski definition) is 1. The van der Waals surface area contributed by atoms with Crippen molar-refractivity contribution in [1.82, 2.24) is 0 Å². The van der Waals surface area contributed by atoms with E-state index in [1.807, 2.05) is 24.3 Å². The summed E-state index contributed by atoms with van der Waals surface area (Å²) in [6.07, 6.45) is 0. The summed E-state index contributed by atoms with van der Waals surface area (Å²) >= 11 is 0. The third kappa shape index (κ3) is 3.30. The lowest BCUT2D eigenvalue weighted by Gasteiger charge is -2.23. The van der Waals surface area contributed by atoms with E-state index in [4.69, 9.17) is 0 Å². The summed E-state index contributed by atoms with van der Waals surface area (Å²) in [4.78, 5) is 12.3. The first-order chi connectivity index (χ1) is 9.80. The van der Waals surface area contributed by atoms with Crippen LogP contribution in [0.4, 0.5) is 10.1 Å². The minimum Gasteiger partial charge on any atom is -0.322 e. The third-order valence-electron chi connectivity index (χ3n) is 3.42. The molecule has 3 heteroatoms. The maximum Gasteiger partial charge on any atom is 0.258 e. The Kier molecular flexibility index (Phi) is 4.12. The lowest BCUT2D eigenvalue weighted by Crippen LogP contribution is -2.19. The fourth-order valence-corrected chi connectivity index (χ4v) is 2.26. The van der Waals surface area contributed by atoms with Gasteiger partial charge in [0.25, 0.3) is 5.91 Å². The van der Waals surface area contributed by atoms with Crippen LogP contribution in [0.1, 0.15) is 42.3 Å². The van der Waals surface area contributed by atoms with Gasteiger partial charge < -0.3 is 5.32 Å². The minimum absolute atomic E-state index is 0.0683. The van der Waals surface area contributed by atoms with Crippen molar-refractivity contribution in [3.05, 3.63) is 65.0 Å². The third-order valence-corrected chi connectivity index (χ3v) is 3.42. The van der Waals surface area contributed by atoms with Gasteiger partial charge in [-0.2, -0.15) is 0 Å². The maximum absolute atomic E-state index is 14.0. The number of aryl methyl sites for hydroxylation is 1. The average Bonchev–Trinajstić information content (AvgIpc) is 2.41. The summed E-state index contributed by atoms with van der Waals surface area (Å²) in [5.74, 6) is -0.892. The predicted octanol–water partition coefficient (Wildman–Crippen LogP) is 4.68. The highest BCUT2D eigenvalue weighted by molar-refractivity contribution is 6.05. The van der Waals surface area contributed by atoms with Crippen LogP contribution in [0, 0.1) is 12.7 Å². The summed E-state index contributed by atoms with van der Waals surface area (Å²) in [5, 5.41) is 2.82. The number of anilines is 1. The fourth-order valence-electron chi connectivity index (χ4n) is 2.26. The lowest BCUT2D eigenvalue weighted by atomic mass is 9.86. The molecule has 0 saturated heterocycles.